The van der Waals surface area contributed by atoms with Crippen LogP contribution in [-0.2, 0) is 34.3 Å². The van der Waals surface area contributed by atoms with Gasteiger partial charge in [-0.2, -0.15) is 5.10 Å². The van der Waals surface area contributed by atoms with Crippen LogP contribution in [0.2, 0.25) is 0 Å². The summed E-state index contributed by atoms with van der Waals surface area (Å²) in [5.74, 6) is -0.177. The number of carbonyl (C=O) groups excluding carboxylic acids is 1. The minimum Gasteiger partial charge on any atom is -0.340 e. The van der Waals surface area contributed by atoms with Crippen LogP contribution in [0.15, 0.2) is 52.2 Å². The van der Waals surface area contributed by atoms with Gasteiger partial charge in [-0.25, -0.2) is 13.2 Å². The van der Waals surface area contributed by atoms with E-state index in [1.54, 1.807) is 11.7 Å². The van der Waals surface area contributed by atoms with E-state index in [1.807, 2.05) is 44.2 Å². The minimum atomic E-state index is -3.06. The third-order valence-corrected chi connectivity index (χ3v) is 8.23. The summed E-state index contributed by atoms with van der Waals surface area (Å²) in [5, 5.41) is 4.54. The SMILES string of the molecule is Cc1nn([C@H]2CCS(=O)(=O)C2)c(C)c1CN(C)C(=O)Cn1c(=O)ccn(Cc2ccccc2)c1=O. The molecule has 1 aliphatic heterocycles. The predicted molar refractivity (Wildman–Crippen MR) is 131 cm³/mol. The summed E-state index contributed by atoms with van der Waals surface area (Å²) in [7, 11) is -1.45. The van der Waals surface area contributed by atoms with Crippen molar-refractivity contribution in [2.24, 2.45) is 0 Å². The van der Waals surface area contributed by atoms with Crippen LogP contribution in [0.25, 0.3) is 0 Å². The van der Waals surface area contributed by atoms with Gasteiger partial charge in [-0.15, -0.1) is 0 Å². The average Bonchev–Trinajstić information content (AvgIpc) is 3.32. The number of benzene rings is 1. The number of carbonyl (C=O) groups is 1. The molecule has 3 aromatic rings. The zero-order valence-electron chi connectivity index (χ0n) is 20.0. The fraction of sp³-hybridized carbons (Fsp3) is 0.417. The monoisotopic (exact) mass is 499 g/mol. The van der Waals surface area contributed by atoms with Crippen LogP contribution in [0.1, 0.15) is 35.0 Å². The Morgan fingerprint density at radius 2 is 1.86 bits per heavy atom. The van der Waals surface area contributed by atoms with Gasteiger partial charge in [0.05, 0.1) is 29.8 Å². The van der Waals surface area contributed by atoms with E-state index in [4.69, 9.17) is 0 Å². The summed E-state index contributed by atoms with van der Waals surface area (Å²) in [5.41, 5.74) is 2.17. The first kappa shape index (κ1) is 24.6. The van der Waals surface area contributed by atoms with Crippen LogP contribution in [0, 0.1) is 13.8 Å². The predicted octanol–water partition coefficient (Wildman–Crippen LogP) is 0.890. The summed E-state index contributed by atoms with van der Waals surface area (Å²) in [6.45, 7) is 3.83. The van der Waals surface area contributed by atoms with E-state index in [9.17, 15) is 22.8 Å². The molecule has 10 nitrogen and oxygen atoms in total. The van der Waals surface area contributed by atoms with Gasteiger partial charge in [0.15, 0.2) is 9.84 Å². The molecule has 1 aromatic carbocycles. The smallest absolute Gasteiger partial charge is 0.331 e. The van der Waals surface area contributed by atoms with Gasteiger partial charge in [0.25, 0.3) is 5.56 Å². The van der Waals surface area contributed by atoms with Gasteiger partial charge in [-0.05, 0) is 25.8 Å². The number of sulfone groups is 1. The first-order chi connectivity index (χ1) is 16.6. The van der Waals surface area contributed by atoms with Gasteiger partial charge in [-0.1, -0.05) is 30.3 Å². The Morgan fingerprint density at radius 1 is 1.14 bits per heavy atom. The van der Waals surface area contributed by atoms with Crippen LogP contribution in [-0.4, -0.2) is 56.7 Å². The number of aryl methyl sites for hydroxylation is 1. The first-order valence-corrected chi connectivity index (χ1v) is 13.2. The topological polar surface area (TPSA) is 116 Å². The lowest BCUT2D eigenvalue weighted by Crippen LogP contribution is -2.43. The van der Waals surface area contributed by atoms with Crippen LogP contribution in [0.5, 0.6) is 0 Å². The minimum absolute atomic E-state index is 0.0648. The van der Waals surface area contributed by atoms with Crippen molar-refractivity contribution in [3.05, 3.63) is 85.9 Å². The standard InChI is InChI=1S/C24H29N5O5S/c1-17-21(18(2)29(25-17)20-10-12-35(33,34)16-20)14-26(3)23(31)15-28-22(30)9-11-27(24(28)32)13-19-7-5-4-6-8-19/h4-9,11,20H,10,12-16H2,1-3H3/t20-/m0/s1. The number of likely N-dealkylation sites (N-methyl/N-ethyl adjacent to an activating group) is 1. The average molecular weight is 500 g/mol. The molecule has 1 saturated heterocycles. The third kappa shape index (κ3) is 5.29. The third-order valence-electron chi connectivity index (χ3n) is 6.48. The van der Waals surface area contributed by atoms with Gasteiger partial charge in [0, 0.05) is 37.1 Å². The van der Waals surface area contributed by atoms with E-state index in [1.165, 1.54) is 21.7 Å². The van der Waals surface area contributed by atoms with Crippen molar-refractivity contribution in [1.29, 1.82) is 0 Å². The van der Waals surface area contributed by atoms with E-state index >= 15 is 0 Å². The second-order valence-electron chi connectivity index (χ2n) is 9.04. The number of nitrogens with zero attached hydrogens (tertiary/aromatic N) is 5. The molecule has 1 amide bonds. The molecule has 0 bridgehead atoms. The zero-order valence-corrected chi connectivity index (χ0v) is 20.9. The molecule has 0 unspecified atom stereocenters. The zero-order chi connectivity index (χ0) is 25.3. The molecule has 0 saturated carbocycles. The Balaban J connectivity index is 1.50. The van der Waals surface area contributed by atoms with E-state index in [2.05, 4.69) is 5.10 Å². The number of rotatable bonds is 7. The summed E-state index contributed by atoms with van der Waals surface area (Å²) in [4.78, 5) is 39.7. The molecular formula is C24H29N5O5S. The van der Waals surface area contributed by atoms with Crippen molar-refractivity contribution >= 4 is 15.7 Å². The van der Waals surface area contributed by atoms with Gasteiger partial charge in [0.1, 0.15) is 6.54 Å². The van der Waals surface area contributed by atoms with Crippen molar-refractivity contribution < 1.29 is 13.2 Å². The van der Waals surface area contributed by atoms with E-state index in [0.717, 1.165) is 21.4 Å². The van der Waals surface area contributed by atoms with Gasteiger partial charge in [-0.3, -0.25) is 23.4 Å². The van der Waals surface area contributed by atoms with Crippen LogP contribution < -0.4 is 11.2 Å². The Kier molecular flexibility index (Phi) is 6.79. The Morgan fingerprint density at radius 3 is 2.51 bits per heavy atom. The molecule has 35 heavy (non-hydrogen) atoms. The summed E-state index contributed by atoms with van der Waals surface area (Å²) in [6.07, 6.45) is 1.96. The van der Waals surface area contributed by atoms with Gasteiger partial charge in [0.2, 0.25) is 5.91 Å². The molecule has 11 heteroatoms. The van der Waals surface area contributed by atoms with Crippen molar-refractivity contribution in [1.82, 2.24) is 23.8 Å². The molecule has 3 heterocycles. The highest BCUT2D eigenvalue weighted by Crippen LogP contribution is 2.27. The van der Waals surface area contributed by atoms with Crippen molar-refractivity contribution in [2.45, 2.75) is 45.9 Å². The molecule has 0 aliphatic carbocycles. The second kappa shape index (κ2) is 9.65. The number of amides is 1. The lowest BCUT2D eigenvalue weighted by atomic mass is 10.1. The normalized spacial score (nSPS) is 16.9. The van der Waals surface area contributed by atoms with Crippen molar-refractivity contribution in [3.8, 4) is 0 Å². The maximum Gasteiger partial charge on any atom is 0.331 e. The second-order valence-corrected chi connectivity index (χ2v) is 11.3. The lowest BCUT2D eigenvalue weighted by molar-refractivity contribution is -0.131. The number of hydrogen-bond acceptors (Lipinski definition) is 6. The summed E-state index contributed by atoms with van der Waals surface area (Å²) < 4.78 is 27.9. The summed E-state index contributed by atoms with van der Waals surface area (Å²) in [6, 6.07) is 10.5. The highest BCUT2D eigenvalue weighted by Gasteiger charge is 2.31. The fourth-order valence-electron chi connectivity index (χ4n) is 4.43. The van der Waals surface area contributed by atoms with Gasteiger partial charge < -0.3 is 4.90 Å². The van der Waals surface area contributed by atoms with E-state index in [0.29, 0.717) is 18.7 Å². The molecule has 2 aromatic heterocycles. The maximum atomic E-state index is 13.0. The molecule has 0 spiro atoms. The van der Waals surface area contributed by atoms with Crippen LogP contribution in [0.3, 0.4) is 0 Å². The molecule has 0 radical (unpaired) electrons. The van der Waals surface area contributed by atoms with Crippen molar-refractivity contribution in [2.75, 3.05) is 18.6 Å². The van der Waals surface area contributed by atoms with Crippen LogP contribution >= 0.6 is 0 Å². The first-order valence-electron chi connectivity index (χ1n) is 11.4. The Hall–Kier alpha value is -3.47. The maximum absolute atomic E-state index is 13.0. The highest BCUT2D eigenvalue weighted by atomic mass is 32.2. The Bertz CT molecular complexity index is 1470. The Labute approximate surface area is 203 Å². The van der Waals surface area contributed by atoms with Gasteiger partial charge >= 0.3 is 5.69 Å². The quantitative estimate of drug-likeness (QED) is 0.477. The lowest BCUT2D eigenvalue weighted by Gasteiger charge is -2.19. The van der Waals surface area contributed by atoms with Crippen molar-refractivity contribution in [3.63, 3.8) is 0 Å². The molecule has 0 N–H and O–H groups in total. The van der Waals surface area contributed by atoms with E-state index in [-0.39, 0.29) is 30.6 Å². The van der Waals surface area contributed by atoms with E-state index < -0.39 is 27.0 Å². The number of hydrogen-bond donors (Lipinski definition) is 0. The highest BCUT2D eigenvalue weighted by molar-refractivity contribution is 7.91. The molecule has 186 valence electrons. The number of aromatic nitrogens is 4. The fourth-order valence-corrected chi connectivity index (χ4v) is 6.13. The molecule has 4 rings (SSSR count). The molecule has 1 atom stereocenters. The van der Waals surface area contributed by atoms with Crippen LogP contribution in [0.4, 0.5) is 0 Å². The molecule has 1 aliphatic rings. The summed E-state index contributed by atoms with van der Waals surface area (Å²) >= 11 is 0. The molecular weight excluding hydrogens is 470 g/mol. The largest absolute Gasteiger partial charge is 0.340 e. The molecule has 1 fully saturated rings.